The van der Waals surface area contributed by atoms with E-state index in [0.29, 0.717) is 5.92 Å². The molecule has 0 N–H and O–H groups in total. The van der Waals surface area contributed by atoms with Gasteiger partial charge in [0.25, 0.3) is 0 Å². The second-order valence-electron chi connectivity index (χ2n) is 4.55. The highest BCUT2D eigenvalue weighted by Gasteiger charge is 2.34. The van der Waals surface area contributed by atoms with Crippen molar-refractivity contribution in [2.75, 3.05) is 6.67 Å². The van der Waals surface area contributed by atoms with E-state index in [1.54, 1.807) is 0 Å². The maximum atomic E-state index is 12.6. The summed E-state index contributed by atoms with van der Waals surface area (Å²) in [6.07, 6.45) is 9.31. The monoisotopic (exact) mass is 170 g/mol. The van der Waals surface area contributed by atoms with E-state index >= 15 is 0 Å². The van der Waals surface area contributed by atoms with Gasteiger partial charge in [-0.2, -0.15) is 0 Å². The van der Waals surface area contributed by atoms with Crippen LogP contribution in [0.3, 0.4) is 0 Å². The second kappa shape index (κ2) is 3.76. The highest BCUT2D eigenvalue weighted by molar-refractivity contribution is 4.84. The molecule has 0 spiro atoms. The van der Waals surface area contributed by atoms with Crippen molar-refractivity contribution in [1.82, 2.24) is 0 Å². The van der Waals surface area contributed by atoms with Gasteiger partial charge in [0.2, 0.25) is 0 Å². The summed E-state index contributed by atoms with van der Waals surface area (Å²) in [4.78, 5) is 0. The first-order chi connectivity index (χ1) is 5.92. The molecule has 0 amide bonds. The zero-order valence-electron chi connectivity index (χ0n) is 7.77. The van der Waals surface area contributed by atoms with Gasteiger partial charge in [-0.15, -0.1) is 0 Å². The van der Waals surface area contributed by atoms with Crippen molar-refractivity contribution in [2.24, 2.45) is 17.8 Å². The Labute approximate surface area is 74.5 Å². The van der Waals surface area contributed by atoms with Crippen LogP contribution in [0, 0.1) is 17.8 Å². The van der Waals surface area contributed by atoms with Crippen molar-refractivity contribution < 1.29 is 4.39 Å². The molecule has 0 nitrogen and oxygen atoms in total. The second-order valence-corrected chi connectivity index (χ2v) is 4.55. The lowest BCUT2D eigenvalue weighted by atomic mass is 9.66. The first-order valence-electron chi connectivity index (χ1n) is 5.48. The molecule has 0 aromatic heterocycles. The highest BCUT2D eigenvalue weighted by Crippen LogP contribution is 2.43. The van der Waals surface area contributed by atoms with Crippen LogP contribution in [0.5, 0.6) is 0 Å². The zero-order valence-corrected chi connectivity index (χ0v) is 7.77. The molecule has 3 atom stereocenters. The quantitative estimate of drug-likeness (QED) is 0.564. The van der Waals surface area contributed by atoms with Gasteiger partial charge in [-0.1, -0.05) is 32.1 Å². The van der Waals surface area contributed by atoms with Gasteiger partial charge in [0, 0.05) is 0 Å². The predicted molar refractivity (Wildman–Crippen MR) is 48.8 cm³/mol. The normalized spacial score (nSPS) is 42.2. The summed E-state index contributed by atoms with van der Waals surface area (Å²) in [5, 5.41) is 0. The Hall–Kier alpha value is -0.0700. The number of hydrogen-bond acceptors (Lipinski definition) is 0. The fourth-order valence-electron chi connectivity index (χ4n) is 3.26. The Kier molecular flexibility index (Phi) is 2.67. The number of rotatable bonds is 1. The van der Waals surface area contributed by atoms with Crippen LogP contribution >= 0.6 is 0 Å². The lowest BCUT2D eigenvalue weighted by Crippen LogP contribution is -2.31. The minimum Gasteiger partial charge on any atom is -0.251 e. The standard InChI is InChI=1S/C11H19F/c12-8-10-6-3-5-9-4-1-2-7-11(9)10/h9-11H,1-8H2. The van der Waals surface area contributed by atoms with Gasteiger partial charge in [-0.3, -0.25) is 4.39 Å². The topological polar surface area (TPSA) is 0 Å². The summed E-state index contributed by atoms with van der Waals surface area (Å²) in [5.74, 6) is 2.09. The van der Waals surface area contributed by atoms with Gasteiger partial charge in [0.05, 0.1) is 6.67 Å². The third-order valence-corrected chi connectivity index (χ3v) is 3.92. The van der Waals surface area contributed by atoms with E-state index in [1.807, 2.05) is 0 Å². The van der Waals surface area contributed by atoms with Crippen LogP contribution in [0.15, 0.2) is 0 Å². The van der Waals surface area contributed by atoms with Gasteiger partial charge in [-0.25, -0.2) is 0 Å². The van der Waals surface area contributed by atoms with Crippen molar-refractivity contribution in [1.29, 1.82) is 0 Å². The van der Waals surface area contributed by atoms with Crippen molar-refractivity contribution in [3.05, 3.63) is 0 Å². The van der Waals surface area contributed by atoms with Crippen molar-refractivity contribution >= 4 is 0 Å². The van der Waals surface area contributed by atoms with Gasteiger partial charge >= 0.3 is 0 Å². The SMILES string of the molecule is FCC1CCCC2CCCCC12. The van der Waals surface area contributed by atoms with E-state index in [1.165, 1.54) is 38.5 Å². The van der Waals surface area contributed by atoms with Gasteiger partial charge < -0.3 is 0 Å². The van der Waals surface area contributed by atoms with E-state index in [-0.39, 0.29) is 6.67 Å². The summed E-state index contributed by atoms with van der Waals surface area (Å²) < 4.78 is 12.6. The lowest BCUT2D eigenvalue weighted by molar-refractivity contribution is 0.0858. The molecule has 2 rings (SSSR count). The molecule has 2 saturated carbocycles. The van der Waals surface area contributed by atoms with Crippen LogP contribution < -0.4 is 0 Å². The van der Waals surface area contributed by atoms with Crippen LogP contribution in [0.25, 0.3) is 0 Å². The third-order valence-electron chi connectivity index (χ3n) is 3.92. The minimum absolute atomic E-state index is 0.0544. The molecule has 0 bridgehead atoms. The maximum absolute atomic E-state index is 12.6. The summed E-state index contributed by atoms with van der Waals surface area (Å²) in [6, 6.07) is 0. The summed E-state index contributed by atoms with van der Waals surface area (Å²) >= 11 is 0. The molecule has 2 fully saturated rings. The Morgan fingerprint density at radius 2 is 1.67 bits per heavy atom. The zero-order chi connectivity index (χ0) is 8.39. The van der Waals surface area contributed by atoms with Crippen molar-refractivity contribution in [3.8, 4) is 0 Å². The van der Waals surface area contributed by atoms with Gasteiger partial charge in [0.1, 0.15) is 0 Å². The molecule has 3 unspecified atom stereocenters. The van der Waals surface area contributed by atoms with Crippen LogP contribution in [0.1, 0.15) is 44.9 Å². The molecular weight excluding hydrogens is 151 g/mol. The Bertz CT molecular complexity index is 135. The van der Waals surface area contributed by atoms with E-state index < -0.39 is 0 Å². The van der Waals surface area contributed by atoms with Crippen LogP contribution in [-0.4, -0.2) is 6.67 Å². The van der Waals surface area contributed by atoms with Crippen LogP contribution in [-0.2, 0) is 0 Å². The summed E-state index contributed by atoms with van der Waals surface area (Å²) in [7, 11) is 0. The molecule has 1 heteroatoms. The number of alkyl halides is 1. The molecule has 70 valence electrons. The number of halogens is 1. The van der Waals surface area contributed by atoms with E-state index in [4.69, 9.17) is 0 Å². The van der Waals surface area contributed by atoms with Crippen molar-refractivity contribution in [2.45, 2.75) is 44.9 Å². The fraction of sp³-hybridized carbons (Fsp3) is 1.00. The molecule has 0 saturated heterocycles. The average molecular weight is 170 g/mol. The molecule has 12 heavy (non-hydrogen) atoms. The minimum atomic E-state index is -0.0544. The fourth-order valence-corrected chi connectivity index (χ4v) is 3.26. The van der Waals surface area contributed by atoms with Gasteiger partial charge in [-0.05, 0) is 30.6 Å². The molecule has 0 radical (unpaired) electrons. The lowest BCUT2D eigenvalue weighted by Gasteiger charge is -2.40. The van der Waals surface area contributed by atoms with Crippen LogP contribution in [0.4, 0.5) is 4.39 Å². The maximum Gasteiger partial charge on any atom is 0.0925 e. The van der Waals surface area contributed by atoms with E-state index in [2.05, 4.69) is 0 Å². The molecule has 0 aromatic rings. The van der Waals surface area contributed by atoms with Crippen molar-refractivity contribution in [3.63, 3.8) is 0 Å². The first kappa shape index (κ1) is 8.52. The average Bonchev–Trinajstić information content (AvgIpc) is 2.17. The molecule has 0 aliphatic heterocycles. The van der Waals surface area contributed by atoms with E-state index in [9.17, 15) is 4.39 Å². The largest absolute Gasteiger partial charge is 0.251 e. The first-order valence-corrected chi connectivity index (χ1v) is 5.48. The number of fused-ring (bicyclic) bond motifs is 1. The van der Waals surface area contributed by atoms with Crippen LogP contribution in [0.2, 0.25) is 0 Å². The molecule has 0 heterocycles. The molecule has 2 aliphatic rings. The van der Waals surface area contributed by atoms with E-state index in [0.717, 1.165) is 18.3 Å². The Balaban J connectivity index is 1.99. The molecule has 2 aliphatic carbocycles. The molecule has 0 aromatic carbocycles. The third kappa shape index (κ3) is 1.51. The number of hydrogen-bond donors (Lipinski definition) is 0. The highest BCUT2D eigenvalue weighted by atomic mass is 19.1. The Morgan fingerprint density at radius 3 is 2.50 bits per heavy atom. The molecular formula is C11H19F. The predicted octanol–water partition coefficient (Wildman–Crippen LogP) is 3.56. The summed E-state index contributed by atoms with van der Waals surface area (Å²) in [6.45, 7) is -0.0544. The Morgan fingerprint density at radius 1 is 0.917 bits per heavy atom. The van der Waals surface area contributed by atoms with Gasteiger partial charge in [0.15, 0.2) is 0 Å². The smallest absolute Gasteiger partial charge is 0.0925 e. The summed E-state index contributed by atoms with van der Waals surface area (Å²) in [5.41, 5.74) is 0.